The van der Waals surface area contributed by atoms with Gasteiger partial charge in [0.1, 0.15) is 0 Å². The van der Waals surface area contributed by atoms with E-state index in [1.54, 1.807) is 0 Å². The Hall–Kier alpha value is -0.0900. The molecule has 120 valence electrons. The molecule has 0 saturated heterocycles. The molecule has 0 aromatic heterocycles. The van der Waals surface area contributed by atoms with Crippen LogP contribution in [-0.2, 0) is 4.79 Å². The maximum atomic E-state index is 10.3. The molecule has 20 heavy (non-hydrogen) atoms. The van der Waals surface area contributed by atoms with Crippen molar-refractivity contribution in [3.05, 3.63) is 0 Å². The Labute approximate surface area is 133 Å². The van der Waals surface area contributed by atoms with Gasteiger partial charge in [0.05, 0.1) is 0 Å². The van der Waals surface area contributed by atoms with E-state index in [2.05, 4.69) is 35.1 Å². The van der Waals surface area contributed by atoms with Crippen molar-refractivity contribution in [1.82, 2.24) is 5.32 Å². The highest BCUT2D eigenvalue weighted by molar-refractivity contribution is 9.10. The Morgan fingerprint density at radius 3 is 1.85 bits per heavy atom. The Morgan fingerprint density at radius 1 is 0.950 bits per heavy atom. The molecule has 3 nitrogen and oxygen atoms in total. The summed E-state index contributed by atoms with van der Waals surface area (Å²) in [5.41, 5.74) is 0. The molecule has 0 fully saturated rings. The van der Waals surface area contributed by atoms with Crippen LogP contribution in [0.25, 0.3) is 0 Å². The average Bonchev–Trinajstić information content (AvgIpc) is 2.33. The monoisotopic (exact) mass is 349 g/mol. The number of carboxylic acids is 1. The predicted molar refractivity (Wildman–Crippen MR) is 89.7 cm³/mol. The number of nitrogens with one attached hydrogen (secondary N) is 1. The fraction of sp³-hybridized carbons (Fsp3) is 0.938. The highest BCUT2D eigenvalue weighted by Gasteiger charge is 2.10. The third kappa shape index (κ3) is 17.9. The molecule has 0 bridgehead atoms. The maximum Gasteiger partial charge on any atom is 0.303 e. The van der Waals surface area contributed by atoms with Gasteiger partial charge >= 0.3 is 5.97 Å². The zero-order valence-electron chi connectivity index (χ0n) is 13.2. The Kier molecular flexibility index (Phi) is 12.6. The fourth-order valence-electron chi connectivity index (χ4n) is 2.15. The number of rotatable bonds is 14. The number of alkyl halides is 1. The average molecular weight is 350 g/mol. The van der Waals surface area contributed by atoms with Gasteiger partial charge in [0, 0.05) is 17.3 Å². The second-order valence-electron chi connectivity index (χ2n) is 6.22. The molecule has 0 unspecified atom stereocenters. The van der Waals surface area contributed by atoms with Crippen molar-refractivity contribution in [2.75, 3.05) is 13.1 Å². The van der Waals surface area contributed by atoms with Crippen LogP contribution in [0.15, 0.2) is 0 Å². The number of carbonyl (C=O) groups is 1. The second kappa shape index (κ2) is 12.6. The first-order valence-electron chi connectivity index (χ1n) is 8.03. The quantitative estimate of drug-likeness (QED) is 0.352. The summed E-state index contributed by atoms with van der Waals surface area (Å²) in [6.07, 6.45) is 11.2. The van der Waals surface area contributed by atoms with Crippen molar-refractivity contribution >= 4 is 21.9 Å². The first-order chi connectivity index (χ1) is 9.42. The fourth-order valence-corrected chi connectivity index (χ4v) is 2.35. The summed E-state index contributed by atoms with van der Waals surface area (Å²) in [5.74, 6) is -0.665. The number of carboxylic acid groups (broad SMARTS) is 1. The molecule has 0 aliphatic heterocycles. The molecule has 0 amide bonds. The zero-order chi connectivity index (χ0) is 15.3. The van der Waals surface area contributed by atoms with Crippen LogP contribution in [0, 0.1) is 0 Å². The molecule has 0 aromatic rings. The van der Waals surface area contributed by atoms with Gasteiger partial charge < -0.3 is 10.4 Å². The Bertz CT molecular complexity index is 239. The highest BCUT2D eigenvalue weighted by Crippen LogP contribution is 2.13. The standard InChI is InChI=1S/C16H32BrNO2/c1-16(2,17)14-18-13-11-9-7-5-3-4-6-8-10-12-15(19)20/h18H,3-14H2,1-2H3,(H,19,20). The van der Waals surface area contributed by atoms with Gasteiger partial charge in [-0.05, 0) is 33.2 Å². The van der Waals surface area contributed by atoms with Gasteiger partial charge in [-0.3, -0.25) is 4.79 Å². The second-order valence-corrected chi connectivity index (χ2v) is 8.37. The maximum absolute atomic E-state index is 10.3. The van der Waals surface area contributed by atoms with Crippen molar-refractivity contribution < 1.29 is 9.90 Å². The van der Waals surface area contributed by atoms with E-state index in [0.717, 1.165) is 25.9 Å². The van der Waals surface area contributed by atoms with Gasteiger partial charge in [-0.1, -0.05) is 60.9 Å². The van der Waals surface area contributed by atoms with Crippen LogP contribution in [0.2, 0.25) is 0 Å². The highest BCUT2D eigenvalue weighted by atomic mass is 79.9. The molecule has 2 N–H and O–H groups in total. The Balaban J connectivity index is 3.05. The number of unbranched alkanes of at least 4 members (excludes halogenated alkanes) is 8. The number of hydrogen-bond donors (Lipinski definition) is 2. The largest absolute Gasteiger partial charge is 0.481 e. The van der Waals surface area contributed by atoms with E-state index in [4.69, 9.17) is 5.11 Å². The zero-order valence-corrected chi connectivity index (χ0v) is 14.8. The summed E-state index contributed by atoms with van der Waals surface area (Å²) in [6, 6.07) is 0. The van der Waals surface area contributed by atoms with Crippen molar-refractivity contribution in [3.63, 3.8) is 0 Å². The van der Waals surface area contributed by atoms with Gasteiger partial charge in [-0.25, -0.2) is 0 Å². The molecular formula is C16H32BrNO2. The molecule has 4 heteroatoms. The van der Waals surface area contributed by atoms with Crippen LogP contribution in [0.3, 0.4) is 0 Å². The SMILES string of the molecule is CC(C)(Br)CNCCCCCCCCCCCC(=O)O. The van der Waals surface area contributed by atoms with Gasteiger partial charge in [0.15, 0.2) is 0 Å². The summed E-state index contributed by atoms with van der Waals surface area (Å²) in [6.45, 7) is 6.49. The first-order valence-corrected chi connectivity index (χ1v) is 8.82. The lowest BCUT2D eigenvalue weighted by atomic mass is 10.1. The molecule has 0 rings (SSSR count). The number of hydrogen-bond acceptors (Lipinski definition) is 2. The smallest absolute Gasteiger partial charge is 0.303 e. The van der Waals surface area contributed by atoms with Crippen LogP contribution >= 0.6 is 15.9 Å². The van der Waals surface area contributed by atoms with E-state index in [-0.39, 0.29) is 4.32 Å². The summed E-state index contributed by atoms with van der Waals surface area (Å²) in [5, 5.41) is 12.0. The van der Waals surface area contributed by atoms with E-state index in [1.165, 1.54) is 44.9 Å². The predicted octanol–water partition coefficient (Wildman–Crippen LogP) is 4.74. The number of aliphatic carboxylic acids is 1. The van der Waals surface area contributed by atoms with E-state index in [9.17, 15) is 4.79 Å². The van der Waals surface area contributed by atoms with Crippen LogP contribution < -0.4 is 5.32 Å². The minimum absolute atomic E-state index is 0.202. The molecule has 0 aliphatic rings. The summed E-state index contributed by atoms with van der Waals surface area (Å²) >= 11 is 3.62. The summed E-state index contributed by atoms with van der Waals surface area (Å²) < 4.78 is 0.202. The molecule has 0 radical (unpaired) electrons. The van der Waals surface area contributed by atoms with Crippen LogP contribution in [0.5, 0.6) is 0 Å². The minimum Gasteiger partial charge on any atom is -0.481 e. The van der Waals surface area contributed by atoms with Crippen molar-refractivity contribution in [1.29, 1.82) is 0 Å². The molecule has 0 aliphatic carbocycles. The van der Waals surface area contributed by atoms with E-state index >= 15 is 0 Å². The third-order valence-corrected chi connectivity index (χ3v) is 3.57. The van der Waals surface area contributed by atoms with Gasteiger partial charge in [0.2, 0.25) is 0 Å². The van der Waals surface area contributed by atoms with E-state index in [1.807, 2.05) is 0 Å². The van der Waals surface area contributed by atoms with Crippen LogP contribution in [0.1, 0.15) is 78.1 Å². The van der Waals surface area contributed by atoms with Crippen LogP contribution in [-0.4, -0.2) is 28.5 Å². The van der Waals surface area contributed by atoms with E-state index < -0.39 is 5.97 Å². The molecule has 0 heterocycles. The Morgan fingerprint density at radius 2 is 1.40 bits per heavy atom. The topological polar surface area (TPSA) is 49.3 Å². The molecule has 0 atom stereocenters. The lowest BCUT2D eigenvalue weighted by Gasteiger charge is -2.16. The minimum atomic E-state index is -0.665. The van der Waals surface area contributed by atoms with Gasteiger partial charge in [-0.15, -0.1) is 0 Å². The van der Waals surface area contributed by atoms with Crippen LogP contribution in [0.4, 0.5) is 0 Å². The van der Waals surface area contributed by atoms with E-state index in [0.29, 0.717) is 6.42 Å². The van der Waals surface area contributed by atoms with Crippen molar-refractivity contribution in [2.24, 2.45) is 0 Å². The van der Waals surface area contributed by atoms with Crippen molar-refractivity contribution in [2.45, 2.75) is 82.4 Å². The van der Waals surface area contributed by atoms with Gasteiger partial charge in [-0.2, -0.15) is 0 Å². The first kappa shape index (κ1) is 19.9. The third-order valence-electron chi connectivity index (χ3n) is 3.29. The normalized spacial score (nSPS) is 11.8. The van der Waals surface area contributed by atoms with Crippen molar-refractivity contribution in [3.8, 4) is 0 Å². The lowest BCUT2D eigenvalue weighted by Crippen LogP contribution is -2.30. The molecule has 0 spiro atoms. The lowest BCUT2D eigenvalue weighted by molar-refractivity contribution is -0.137. The van der Waals surface area contributed by atoms with Gasteiger partial charge in [0.25, 0.3) is 0 Å². The summed E-state index contributed by atoms with van der Waals surface area (Å²) in [4.78, 5) is 10.3. The molecular weight excluding hydrogens is 318 g/mol. The molecule has 0 saturated carbocycles. The molecule has 0 aromatic carbocycles. The summed E-state index contributed by atoms with van der Waals surface area (Å²) in [7, 11) is 0. The number of halogens is 1.